The quantitative estimate of drug-likeness (QED) is 0.280. The van der Waals surface area contributed by atoms with Gasteiger partial charge < -0.3 is 29.4 Å². The first-order valence-corrected chi connectivity index (χ1v) is 12.0. The number of rotatable bonds is 10. The number of likely N-dealkylation sites (tertiary alicyclic amines) is 1. The number of hydrogen-bond donors (Lipinski definition) is 2. The van der Waals surface area contributed by atoms with Gasteiger partial charge in [-0.05, 0) is 43.7 Å². The van der Waals surface area contributed by atoms with Gasteiger partial charge in [0.2, 0.25) is 17.6 Å². The van der Waals surface area contributed by atoms with Crippen LogP contribution < -0.4 is 10.6 Å². The monoisotopic (exact) mass is 505 g/mol. The van der Waals surface area contributed by atoms with Gasteiger partial charge in [0.05, 0.1) is 18.6 Å². The van der Waals surface area contributed by atoms with Crippen LogP contribution in [-0.4, -0.2) is 59.8 Å². The molecule has 3 amide bonds. The summed E-state index contributed by atoms with van der Waals surface area (Å²) in [4.78, 5) is 64.8. The summed E-state index contributed by atoms with van der Waals surface area (Å²) in [7, 11) is 0. The van der Waals surface area contributed by atoms with E-state index in [1.807, 2.05) is 0 Å². The summed E-state index contributed by atoms with van der Waals surface area (Å²) in [6.45, 7) is 10.1. The lowest BCUT2D eigenvalue weighted by molar-refractivity contribution is -0.150. The molecule has 1 aromatic rings. The van der Waals surface area contributed by atoms with Gasteiger partial charge in [0.25, 0.3) is 5.91 Å². The molecule has 0 bridgehead atoms. The average Bonchev–Trinajstić information content (AvgIpc) is 3.51. The summed E-state index contributed by atoms with van der Waals surface area (Å²) < 4.78 is 15.2. The molecular formula is C25H35N3O8. The summed E-state index contributed by atoms with van der Waals surface area (Å²) in [6, 6.07) is 1.34. The number of esters is 2. The number of hydrogen-bond acceptors (Lipinski definition) is 8. The molecule has 1 aliphatic heterocycles. The molecule has 1 unspecified atom stereocenters. The van der Waals surface area contributed by atoms with Gasteiger partial charge >= 0.3 is 11.9 Å². The average molecular weight is 506 g/mol. The number of nitrogens with zero attached hydrogens (tertiary/aromatic N) is 1. The number of allylic oxidation sites excluding steroid dienone is 1. The van der Waals surface area contributed by atoms with Crippen molar-refractivity contribution in [3.63, 3.8) is 0 Å². The number of carbonyl (C=O) groups is 5. The first kappa shape index (κ1) is 28.6. The van der Waals surface area contributed by atoms with E-state index < -0.39 is 53.4 Å². The Labute approximate surface area is 210 Å². The molecule has 36 heavy (non-hydrogen) atoms. The van der Waals surface area contributed by atoms with Crippen LogP contribution in [0.1, 0.15) is 64.9 Å². The van der Waals surface area contributed by atoms with E-state index in [1.165, 1.54) is 17.2 Å². The predicted molar refractivity (Wildman–Crippen MR) is 128 cm³/mol. The molecule has 0 radical (unpaired) electrons. The summed E-state index contributed by atoms with van der Waals surface area (Å²) in [5.41, 5.74) is 0.0829. The van der Waals surface area contributed by atoms with Crippen molar-refractivity contribution in [2.24, 2.45) is 11.8 Å². The zero-order valence-electron chi connectivity index (χ0n) is 21.6. The van der Waals surface area contributed by atoms with Gasteiger partial charge in [0.15, 0.2) is 5.76 Å². The first-order valence-electron chi connectivity index (χ1n) is 12.0. The standard InChI is InChI=1S/C25H35N3O8/c1-7-34-25(33)21(36-16(6)29)19(14(2)3)26-22(30)17-10-8-12-28(17)24(32)20(15(4)5)27-23(31)18-11-9-13-35-18/h9,11,13-15,17,20H,7-8,10,12H2,1-6H3,(H,26,30)(H,27,31)/b21-19+/t17-,20?/m0/s1. The van der Waals surface area contributed by atoms with Gasteiger partial charge in [0.1, 0.15) is 12.1 Å². The molecule has 0 aromatic carbocycles. The molecule has 1 saturated heterocycles. The summed E-state index contributed by atoms with van der Waals surface area (Å²) >= 11 is 0. The maximum absolute atomic E-state index is 13.4. The molecule has 2 N–H and O–H groups in total. The Morgan fingerprint density at radius 3 is 2.39 bits per heavy atom. The number of amides is 3. The molecule has 11 nitrogen and oxygen atoms in total. The number of ether oxygens (including phenoxy) is 2. The zero-order chi connectivity index (χ0) is 27.0. The molecule has 2 heterocycles. The van der Waals surface area contributed by atoms with Crippen molar-refractivity contribution in [1.82, 2.24) is 15.5 Å². The van der Waals surface area contributed by atoms with E-state index >= 15 is 0 Å². The van der Waals surface area contributed by atoms with E-state index in [-0.39, 0.29) is 24.0 Å². The normalized spacial score (nSPS) is 16.9. The Kier molecular flexibility index (Phi) is 10.2. The number of carbonyl (C=O) groups excluding carboxylic acids is 5. The topological polar surface area (TPSA) is 144 Å². The van der Waals surface area contributed by atoms with Crippen molar-refractivity contribution >= 4 is 29.7 Å². The van der Waals surface area contributed by atoms with Crippen molar-refractivity contribution in [3.8, 4) is 0 Å². The lowest BCUT2D eigenvalue weighted by Gasteiger charge is -2.31. The van der Waals surface area contributed by atoms with Crippen LogP contribution in [-0.2, 0) is 28.7 Å². The molecule has 0 aliphatic carbocycles. The minimum Gasteiger partial charge on any atom is -0.460 e. The molecule has 1 aliphatic rings. The molecule has 2 atom stereocenters. The van der Waals surface area contributed by atoms with Crippen LogP contribution in [0.25, 0.3) is 0 Å². The fourth-order valence-corrected chi connectivity index (χ4v) is 3.84. The highest BCUT2D eigenvalue weighted by Crippen LogP contribution is 2.23. The summed E-state index contributed by atoms with van der Waals surface area (Å²) in [6.07, 6.45) is 2.33. The van der Waals surface area contributed by atoms with Gasteiger partial charge in [-0.1, -0.05) is 27.7 Å². The second-order valence-electron chi connectivity index (χ2n) is 9.06. The van der Waals surface area contributed by atoms with Crippen molar-refractivity contribution in [3.05, 3.63) is 35.6 Å². The second-order valence-corrected chi connectivity index (χ2v) is 9.06. The molecule has 11 heteroatoms. The van der Waals surface area contributed by atoms with E-state index in [2.05, 4.69) is 10.6 Å². The third-order valence-corrected chi connectivity index (χ3v) is 5.59. The molecule has 1 aromatic heterocycles. The van der Waals surface area contributed by atoms with Gasteiger partial charge in [-0.3, -0.25) is 19.2 Å². The summed E-state index contributed by atoms with van der Waals surface area (Å²) in [5, 5.41) is 5.38. The van der Waals surface area contributed by atoms with Crippen molar-refractivity contribution in [2.45, 2.75) is 66.5 Å². The Bertz CT molecular complexity index is 997. The molecule has 198 valence electrons. The Balaban J connectivity index is 2.28. The molecular weight excluding hydrogens is 470 g/mol. The highest BCUT2D eigenvalue weighted by Gasteiger charge is 2.39. The van der Waals surface area contributed by atoms with Crippen molar-refractivity contribution < 1.29 is 37.9 Å². The summed E-state index contributed by atoms with van der Waals surface area (Å²) in [5.74, 6) is -4.06. The third-order valence-electron chi connectivity index (χ3n) is 5.59. The Hall–Kier alpha value is -3.63. The Morgan fingerprint density at radius 1 is 1.17 bits per heavy atom. The van der Waals surface area contributed by atoms with Crippen molar-refractivity contribution in [2.75, 3.05) is 13.2 Å². The van der Waals surface area contributed by atoms with Crippen molar-refractivity contribution in [1.29, 1.82) is 0 Å². The van der Waals surface area contributed by atoms with E-state index in [4.69, 9.17) is 13.9 Å². The van der Waals surface area contributed by atoms with Crippen LogP contribution >= 0.6 is 0 Å². The zero-order valence-corrected chi connectivity index (χ0v) is 21.6. The highest BCUT2D eigenvalue weighted by molar-refractivity contribution is 5.97. The highest BCUT2D eigenvalue weighted by atomic mass is 16.6. The van der Waals surface area contributed by atoms with E-state index in [9.17, 15) is 24.0 Å². The van der Waals surface area contributed by atoms with Crippen LogP contribution in [0.15, 0.2) is 34.3 Å². The minimum absolute atomic E-state index is 0.0497. The Morgan fingerprint density at radius 2 is 1.86 bits per heavy atom. The lowest BCUT2D eigenvalue weighted by Crippen LogP contribution is -2.55. The van der Waals surface area contributed by atoms with Gasteiger partial charge in [0, 0.05) is 13.5 Å². The van der Waals surface area contributed by atoms with Crippen LogP contribution in [0.3, 0.4) is 0 Å². The molecule has 0 saturated carbocycles. The maximum Gasteiger partial charge on any atom is 0.376 e. The lowest BCUT2D eigenvalue weighted by atomic mass is 10.0. The fraction of sp³-hybridized carbons (Fsp3) is 0.560. The van der Waals surface area contributed by atoms with Crippen LogP contribution in [0, 0.1) is 11.8 Å². The molecule has 0 spiro atoms. The van der Waals surface area contributed by atoms with E-state index in [0.717, 1.165) is 6.92 Å². The minimum atomic E-state index is -0.882. The van der Waals surface area contributed by atoms with E-state index in [1.54, 1.807) is 40.7 Å². The molecule has 2 rings (SSSR count). The number of furan rings is 1. The largest absolute Gasteiger partial charge is 0.460 e. The van der Waals surface area contributed by atoms with Crippen LogP contribution in [0.2, 0.25) is 0 Å². The maximum atomic E-state index is 13.4. The van der Waals surface area contributed by atoms with E-state index in [0.29, 0.717) is 19.4 Å². The molecule has 1 fully saturated rings. The van der Waals surface area contributed by atoms with Crippen LogP contribution in [0.4, 0.5) is 0 Å². The SMILES string of the molecule is CCOC(=O)/C(OC(C)=O)=C(\NC(=O)[C@@H]1CCCN1C(=O)C(NC(=O)c1ccco1)C(C)C)C(C)C. The smallest absolute Gasteiger partial charge is 0.376 e. The van der Waals surface area contributed by atoms with Crippen LogP contribution in [0.5, 0.6) is 0 Å². The predicted octanol–water partition coefficient (Wildman–Crippen LogP) is 2.13. The van der Waals surface area contributed by atoms with Gasteiger partial charge in [-0.25, -0.2) is 4.79 Å². The fourth-order valence-electron chi connectivity index (χ4n) is 3.84. The third kappa shape index (κ3) is 7.19. The van der Waals surface area contributed by atoms with Gasteiger partial charge in [-0.15, -0.1) is 0 Å². The second kappa shape index (κ2) is 12.9. The first-order chi connectivity index (χ1) is 17.0. The number of nitrogens with one attached hydrogen (secondary N) is 2. The van der Waals surface area contributed by atoms with Gasteiger partial charge in [-0.2, -0.15) is 0 Å².